The highest BCUT2D eigenvalue weighted by molar-refractivity contribution is 5.85. The molecule has 20 heavy (non-hydrogen) atoms. The zero-order valence-electron chi connectivity index (χ0n) is 12.1. The first-order chi connectivity index (χ1) is 9.66. The summed E-state index contributed by atoms with van der Waals surface area (Å²) in [6.45, 7) is 2.20. The number of fused-ring (bicyclic) bond motifs is 1. The third-order valence-electron chi connectivity index (χ3n) is 3.87. The first-order valence-corrected chi connectivity index (χ1v) is 6.84. The van der Waals surface area contributed by atoms with Crippen LogP contribution in [0, 0.1) is 0 Å². The lowest BCUT2D eigenvalue weighted by atomic mass is 10.1. The highest BCUT2D eigenvalue weighted by Crippen LogP contribution is 2.27. The maximum Gasteiger partial charge on any atom is 0.0830 e. The Bertz CT molecular complexity index is 713. The highest BCUT2D eigenvalue weighted by atomic mass is 15.2. The standard InChI is InChI=1S/C17H19N3/c1-13(19(2)3)20-10-8-14-6-7-15(11-17(14)20)16-5-4-9-18-12-16/h4-13H,1-3H3. The van der Waals surface area contributed by atoms with Crippen LogP contribution in [0.4, 0.5) is 0 Å². The Morgan fingerprint density at radius 3 is 2.65 bits per heavy atom. The summed E-state index contributed by atoms with van der Waals surface area (Å²) in [7, 11) is 4.20. The van der Waals surface area contributed by atoms with E-state index in [1.54, 1.807) is 6.20 Å². The van der Waals surface area contributed by atoms with Gasteiger partial charge in [0.05, 0.1) is 6.17 Å². The highest BCUT2D eigenvalue weighted by Gasteiger charge is 2.10. The van der Waals surface area contributed by atoms with Gasteiger partial charge in [0.25, 0.3) is 0 Å². The third-order valence-corrected chi connectivity index (χ3v) is 3.87. The van der Waals surface area contributed by atoms with E-state index in [2.05, 4.69) is 72.0 Å². The first kappa shape index (κ1) is 12.9. The molecule has 0 saturated heterocycles. The molecule has 102 valence electrons. The van der Waals surface area contributed by atoms with Crippen LogP contribution in [0.2, 0.25) is 0 Å². The number of pyridine rings is 1. The van der Waals surface area contributed by atoms with Crippen LogP contribution < -0.4 is 0 Å². The molecule has 0 spiro atoms. The summed E-state index contributed by atoms with van der Waals surface area (Å²) in [5.41, 5.74) is 3.61. The van der Waals surface area contributed by atoms with E-state index in [1.165, 1.54) is 16.5 Å². The van der Waals surface area contributed by atoms with Crippen LogP contribution in [0.3, 0.4) is 0 Å². The van der Waals surface area contributed by atoms with Gasteiger partial charge in [-0.15, -0.1) is 0 Å². The van der Waals surface area contributed by atoms with Gasteiger partial charge in [0.15, 0.2) is 0 Å². The number of hydrogen-bond donors (Lipinski definition) is 0. The molecule has 0 radical (unpaired) electrons. The van der Waals surface area contributed by atoms with E-state index in [-0.39, 0.29) is 0 Å². The summed E-state index contributed by atoms with van der Waals surface area (Å²) in [5, 5.41) is 1.27. The summed E-state index contributed by atoms with van der Waals surface area (Å²) in [6.07, 6.45) is 6.20. The van der Waals surface area contributed by atoms with Crippen molar-refractivity contribution < 1.29 is 0 Å². The van der Waals surface area contributed by atoms with Crippen LogP contribution in [-0.4, -0.2) is 28.5 Å². The summed E-state index contributed by atoms with van der Waals surface area (Å²) < 4.78 is 2.30. The van der Waals surface area contributed by atoms with Crippen LogP contribution in [0.5, 0.6) is 0 Å². The average Bonchev–Trinajstić information content (AvgIpc) is 2.90. The second kappa shape index (κ2) is 5.10. The number of aromatic nitrogens is 2. The molecule has 3 heteroatoms. The fraction of sp³-hybridized carbons (Fsp3) is 0.235. The molecule has 1 aromatic carbocycles. The van der Waals surface area contributed by atoms with Crippen LogP contribution in [0.25, 0.3) is 22.0 Å². The summed E-state index contributed by atoms with van der Waals surface area (Å²) in [6, 6.07) is 12.8. The molecule has 1 unspecified atom stereocenters. The maximum absolute atomic E-state index is 4.20. The zero-order chi connectivity index (χ0) is 14.1. The molecule has 2 heterocycles. The lowest BCUT2D eigenvalue weighted by Gasteiger charge is -2.22. The van der Waals surface area contributed by atoms with Gasteiger partial charge >= 0.3 is 0 Å². The molecular formula is C17H19N3. The quantitative estimate of drug-likeness (QED) is 0.718. The van der Waals surface area contributed by atoms with E-state index < -0.39 is 0 Å². The van der Waals surface area contributed by atoms with Crippen molar-refractivity contribution in [2.24, 2.45) is 0 Å². The summed E-state index contributed by atoms with van der Waals surface area (Å²) >= 11 is 0. The van der Waals surface area contributed by atoms with Gasteiger partial charge in [0, 0.05) is 29.7 Å². The fourth-order valence-electron chi connectivity index (χ4n) is 2.44. The Balaban J connectivity index is 2.12. The van der Waals surface area contributed by atoms with Gasteiger partial charge in [0.1, 0.15) is 0 Å². The second-order valence-corrected chi connectivity index (χ2v) is 5.33. The minimum absolute atomic E-state index is 0.330. The van der Waals surface area contributed by atoms with E-state index in [9.17, 15) is 0 Å². The molecule has 0 saturated carbocycles. The van der Waals surface area contributed by atoms with Crippen molar-refractivity contribution in [2.45, 2.75) is 13.1 Å². The number of rotatable bonds is 3. The van der Waals surface area contributed by atoms with E-state index in [4.69, 9.17) is 0 Å². The minimum atomic E-state index is 0.330. The van der Waals surface area contributed by atoms with Gasteiger partial charge < -0.3 is 4.57 Å². The van der Waals surface area contributed by atoms with Gasteiger partial charge in [-0.2, -0.15) is 0 Å². The zero-order valence-corrected chi connectivity index (χ0v) is 12.1. The summed E-state index contributed by atoms with van der Waals surface area (Å²) in [5.74, 6) is 0. The predicted octanol–water partition coefficient (Wildman–Crippen LogP) is 3.78. The van der Waals surface area contributed by atoms with E-state index in [0.717, 1.165) is 5.56 Å². The molecule has 0 aliphatic heterocycles. The van der Waals surface area contributed by atoms with Crippen molar-refractivity contribution in [3.05, 3.63) is 55.0 Å². The molecule has 3 aromatic rings. The van der Waals surface area contributed by atoms with Crippen molar-refractivity contribution in [3.8, 4) is 11.1 Å². The molecule has 0 amide bonds. The molecule has 0 bridgehead atoms. The molecule has 0 N–H and O–H groups in total. The van der Waals surface area contributed by atoms with Crippen molar-refractivity contribution in [1.29, 1.82) is 0 Å². The SMILES string of the molecule is CC(N(C)C)n1ccc2ccc(-c3cccnc3)cc21. The normalized spacial score (nSPS) is 13.0. The average molecular weight is 265 g/mol. The monoisotopic (exact) mass is 265 g/mol. The van der Waals surface area contributed by atoms with Crippen LogP contribution in [0.1, 0.15) is 13.1 Å². The Labute approximate surface area is 119 Å². The van der Waals surface area contributed by atoms with Crippen molar-refractivity contribution in [3.63, 3.8) is 0 Å². The Morgan fingerprint density at radius 2 is 1.95 bits per heavy atom. The van der Waals surface area contributed by atoms with Crippen molar-refractivity contribution >= 4 is 10.9 Å². The van der Waals surface area contributed by atoms with Gasteiger partial charge in [-0.25, -0.2) is 0 Å². The largest absolute Gasteiger partial charge is 0.332 e. The van der Waals surface area contributed by atoms with Gasteiger partial charge in [-0.1, -0.05) is 18.2 Å². The first-order valence-electron chi connectivity index (χ1n) is 6.84. The van der Waals surface area contributed by atoms with Gasteiger partial charge in [0.2, 0.25) is 0 Å². The molecule has 0 aliphatic rings. The summed E-state index contributed by atoms with van der Waals surface area (Å²) in [4.78, 5) is 6.40. The maximum atomic E-state index is 4.20. The minimum Gasteiger partial charge on any atom is -0.332 e. The van der Waals surface area contributed by atoms with Crippen molar-refractivity contribution in [2.75, 3.05) is 14.1 Å². The number of nitrogens with zero attached hydrogens (tertiary/aromatic N) is 3. The number of hydrogen-bond acceptors (Lipinski definition) is 2. The van der Waals surface area contributed by atoms with Crippen LogP contribution in [-0.2, 0) is 0 Å². The Hall–Kier alpha value is -2.13. The third kappa shape index (κ3) is 2.21. The van der Waals surface area contributed by atoms with Gasteiger partial charge in [-0.3, -0.25) is 9.88 Å². The fourth-order valence-corrected chi connectivity index (χ4v) is 2.44. The Kier molecular flexibility index (Phi) is 3.28. The van der Waals surface area contributed by atoms with E-state index in [1.807, 2.05) is 12.3 Å². The molecule has 2 aromatic heterocycles. The van der Waals surface area contributed by atoms with Gasteiger partial charge in [-0.05, 0) is 50.2 Å². The van der Waals surface area contributed by atoms with E-state index >= 15 is 0 Å². The topological polar surface area (TPSA) is 21.1 Å². The molecule has 3 nitrogen and oxygen atoms in total. The second-order valence-electron chi connectivity index (χ2n) is 5.33. The number of benzene rings is 1. The predicted molar refractivity (Wildman–Crippen MR) is 83.6 cm³/mol. The lowest BCUT2D eigenvalue weighted by Crippen LogP contribution is -2.22. The molecular weight excluding hydrogens is 246 g/mol. The van der Waals surface area contributed by atoms with E-state index in [0.29, 0.717) is 6.17 Å². The molecule has 0 fully saturated rings. The smallest absolute Gasteiger partial charge is 0.0830 e. The lowest BCUT2D eigenvalue weighted by molar-refractivity contribution is 0.244. The van der Waals surface area contributed by atoms with Crippen molar-refractivity contribution in [1.82, 2.24) is 14.5 Å². The van der Waals surface area contributed by atoms with Crippen LogP contribution >= 0.6 is 0 Å². The molecule has 0 aliphatic carbocycles. The molecule has 1 atom stereocenters. The molecule has 3 rings (SSSR count). The Morgan fingerprint density at radius 1 is 1.10 bits per heavy atom. The van der Waals surface area contributed by atoms with Crippen LogP contribution in [0.15, 0.2) is 55.0 Å².